The molecule has 0 spiro atoms. The number of carbonyl (C=O) groups is 4. The first-order valence-corrected chi connectivity index (χ1v) is 10.4. The number of nitrogens with one attached hydrogen (secondary N) is 3. The number of rotatable bonds is 7. The monoisotopic (exact) mass is 436 g/mol. The standard InChI is InChI=1S/C23H24N4O5/c1-4-32-22(30)19-12(2)20(25-13(19)3)18(28)11-27-21(29)17(26-23(27)31)9-14-10-24-16-8-6-5-7-15(14)16/h5-8,10,17,24-25H,4,9,11H2,1-3H3,(H,26,31)/t17-/m0/s1. The van der Waals surface area contributed by atoms with Crippen LogP contribution in [-0.2, 0) is 16.0 Å². The number of esters is 1. The predicted molar refractivity (Wildman–Crippen MR) is 117 cm³/mol. The number of fused-ring (bicyclic) bond motifs is 1. The van der Waals surface area contributed by atoms with Crippen molar-refractivity contribution < 1.29 is 23.9 Å². The van der Waals surface area contributed by atoms with E-state index in [1.165, 1.54) is 0 Å². The van der Waals surface area contributed by atoms with Crippen LogP contribution in [0.25, 0.3) is 10.9 Å². The molecule has 4 rings (SSSR count). The summed E-state index contributed by atoms with van der Waals surface area (Å²) in [5.41, 5.74) is 3.27. The number of hydrogen-bond acceptors (Lipinski definition) is 5. The number of nitrogens with zero attached hydrogens (tertiary/aromatic N) is 1. The summed E-state index contributed by atoms with van der Waals surface area (Å²) in [6.07, 6.45) is 2.13. The number of aromatic nitrogens is 2. The summed E-state index contributed by atoms with van der Waals surface area (Å²) in [5.74, 6) is -1.44. The lowest BCUT2D eigenvalue weighted by molar-refractivity contribution is -0.127. The summed E-state index contributed by atoms with van der Waals surface area (Å²) in [4.78, 5) is 57.4. The Kier molecular flexibility index (Phi) is 5.56. The Morgan fingerprint density at radius 1 is 1.16 bits per heavy atom. The summed E-state index contributed by atoms with van der Waals surface area (Å²) >= 11 is 0. The van der Waals surface area contributed by atoms with Gasteiger partial charge in [0.25, 0.3) is 5.91 Å². The number of imide groups is 1. The second-order valence-electron chi connectivity index (χ2n) is 7.76. The lowest BCUT2D eigenvalue weighted by Gasteiger charge is -2.12. The smallest absolute Gasteiger partial charge is 0.340 e. The van der Waals surface area contributed by atoms with Crippen molar-refractivity contribution in [3.63, 3.8) is 0 Å². The van der Waals surface area contributed by atoms with Gasteiger partial charge in [0.15, 0.2) is 5.78 Å². The van der Waals surface area contributed by atoms with E-state index in [1.54, 1.807) is 20.8 Å². The molecule has 1 fully saturated rings. The van der Waals surface area contributed by atoms with Crippen molar-refractivity contribution in [3.05, 3.63) is 58.5 Å². The minimum absolute atomic E-state index is 0.186. The van der Waals surface area contributed by atoms with Crippen molar-refractivity contribution >= 4 is 34.6 Å². The van der Waals surface area contributed by atoms with Gasteiger partial charge >= 0.3 is 12.0 Å². The number of carbonyl (C=O) groups excluding carboxylic acids is 4. The molecule has 0 saturated carbocycles. The molecule has 1 aliphatic heterocycles. The van der Waals surface area contributed by atoms with E-state index < -0.39 is 36.3 Å². The second kappa shape index (κ2) is 8.33. The number of Topliss-reactive ketones (excluding diaryl/α,β-unsaturated/α-hetero) is 1. The van der Waals surface area contributed by atoms with Gasteiger partial charge in [0.2, 0.25) is 0 Å². The molecule has 0 radical (unpaired) electrons. The van der Waals surface area contributed by atoms with Crippen LogP contribution in [0, 0.1) is 13.8 Å². The van der Waals surface area contributed by atoms with Crippen molar-refractivity contribution in [1.29, 1.82) is 0 Å². The van der Waals surface area contributed by atoms with Crippen LogP contribution in [0.3, 0.4) is 0 Å². The Hall–Kier alpha value is -3.88. The van der Waals surface area contributed by atoms with Gasteiger partial charge in [0, 0.05) is 29.2 Å². The van der Waals surface area contributed by atoms with Gasteiger partial charge in [-0.25, -0.2) is 9.59 Å². The largest absolute Gasteiger partial charge is 0.462 e. The van der Waals surface area contributed by atoms with Crippen molar-refractivity contribution in [2.45, 2.75) is 33.2 Å². The Morgan fingerprint density at radius 2 is 1.91 bits per heavy atom. The van der Waals surface area contributed by atoms with Crippen LogP contribution in [0.5, 0.6) is 0 Å². The molecule has 3 aromatic rings. The highest BCUT2D eigenvalue weighted by Crippen LogP contribution is 2.23. The molecule has 3 amide bonds. The summed E-state index contributed by atoms with van der Waals surface area (Å²) in [5, 5.41) is 3.65. The molecule has 0 aliphatic carbocycles. The SMILES string of the molecule is CCOC(=O)c1c(C)[nH]c(C(=O)CN2C(=O)N[C@@H](Cc3c[nH]c4ccccc34)C2=O)c1C. The van der Waals surface area contributed by atoms with Gasteiger partial charge in [-0.3, -0.25) is 14.5 Å². The fourth-order valence-electron chi connectivity index (χ4n) is 4.15. The number of hydrogen-bond donors (Lipinski definition) is 3. The quantitative estimate of drug-likeness (QED) is 0.298. The first-order chi connectivity index (χ1) is 15.3. The summed E-state index contributed by atoms with van der Waals surface area (Å²) in [7, 11) is 0. The minimum Gasteiger partial charge on any atom is -0.462 e. The van der Waals surface area contributed by atoms with Crippen LogP contribution in [0.1, 0.15) is 44.6 Å². The van der Waals surface area contributed by atoms with Crippen LogP contribution in [0.4, 0.5) is 4.79 Å². The number of para-hydroxylation sites is 1. The van der Waals surface area contributed by atoms with Crippen molar-refractivity contribution in [2.24, 2.45) is 0 Å². The number of aryl methyl sites for hydroxylation is 1. The fourth-order valence-corrected chi connectivity index (χ4v) is 4.15. The lowest BCUT2D eigenvalue weighted by atomic mass is 10.0. The molecule has 1 saturated heterocycles. The molecule has 9 nitrogen and oxygen atoms in total. The van der Waals surface area contributed by atoms with E-state index in [0.717, 1.165) is 21.4 Å². The zero-order valence-electron chi connectivity index (χ0n) is 18.1. The van der Waals surface area contributed by atoms with Crippen molar-refractivity contribution in [3.8, 4) is 0 Å². The van der Waals surface area contributed by atoms with E-state index in [0.29, 0.717) is 23.2 Å². The number of aromatic amines is 2. The number of ether oxygens (including phenoxy) is 1. The zero-order valence-corrected chi connectivity index (χ0v) is 18.1. The molecule has 32 heavy (non-hydrogen) atoms. The molecule has 3 heterocycles. The first kappa shape index (κ1) is 21.4. The van der Waals surface area contributed by atoms with Crippen molar-refractivity contribution in [2.75, 3.05) is 13.2 Å². The molecule has 1 aromatic carbocycles. The van der Waals surface area contributed by atoms with E-state index in [1.807, 2.05) is 30.5 Å². The predicted octanol–water partition coefficient (Wildman–Crippen LogP) is 2.64. The molecule has 1 atom stereocenters. The number of urea groups is 1. The Labute approximate surface area is 184 Å². The van der Waals surface area contributed by atoms with E-state index >= 15 is 0 Å². The highest BCUT2D eigenvalue weighted by Gasteiger charge is 2.39. The number of amides is 3. The highest BCUT2D eigenvalue weighted by atomic mass is 16.5. The molecular formula is C23H24N4O5. The third-order valence-electron chi connectivity index (χ3n) is 5.70. The van der Waals surface area contributed by atoms with E-state index in [4.69, 9.17) is 4.74 Å². The van der Waals surface area contributed by atoms with Gasteiger partial charge in [0.05, 0.1) is 24.4 Å². The minimum atomic E-state index is -0.754. The Balaban J connectivity index is 1.50. The Morgan fingerprint density at radius 3 is 2.66 bits per heavy atom. The zero-order chi connectivity index (χ0) is 23.0. The van der Waals surface area contributed by atoms with E-state index in [2.05, 4.69) is 15.3 Å². The maximum absolute atomic E-state index is 12.9. The molecule has 9 heteroatoms. The van der Waals surface area contributed by atoms with Crippen LogP contribution >= 0.6 is 0 Å². The summed E-state index contributed by atoms with van der Waals surface area (Å²) in [6.45, 7) is 4.80. The number of H-pyrrole nitrogens is 2. The topological polar surface area (TPSA) is 124 Å². The fraction of sp³-hybridized carbons (Fsp3) is 0.304. The van der Waals surface area contributed by atoms with Gasteiger partial charge in [-0.1, -0.05) is 18.2 Å². The third-order valence-corrected chi connectivity index (χ3v) is 5.70. The lowest BCUT2D eigenvalue weighted by Crippen LogP contribution is -2.36. The average Bonchev–Trinajstić information content (AvgIpc) is 3.38. The van der Waals surface area contributed by atoms with Crippen LogP contribution < -0.4 is 5.32 Å². The maximum atomic E-state index is 12.9. The summed E-state index contributed by atoms with van der Waals surface area (Å²) < 4.78 is 5.04. The van der Waals surface area contributed by atoms with Crippen LogP contribution in [0.15, 0.2) is 30.5 Å². The van der Waals surface area contributed by atoms with Gasteiger partial charge in [-0.2, -0.15) is 0 Å². The highest BCUT2D eigenvalue weighted by molar-refractivity contribution is 6.10. The van der Waals surface area contributed by atoms with Crippen LogP contribution in [-0.4, -0.2) is 57.8 Å². The third kappa shape index (κ3) is 3.66. The average molecular weight is 436 g/mol. The Bertz CT molecular complexity index is 1240. The summed E-state index contributed by atoms with van der Waals surface area (Å²) in [6, 6.07) is 6.34. The van der Waals surface area contributed by atoms with E-state index in [-0.39, 0.29) is 12.3 Å². The second-order valence-corrected chi connectivity index (χ2v) is 7.76. The molecule has 0 bridgehead atoms. The number of benzene rings is 1. The first-order valence-electron chi connectivity index (χ1n) is 10.4. The molecule has 2 aromatic heterocycles. The van der Waals surface area contributed by atoms with Gasteiger partial charge in [-0.15, -0.1) is 0 Å². The van der Waals surface area contributed by atoms with Gasteiger partial charge in [-0.05, 0) is 38.0 Å². The van der Waals surface area contributed by atoms with Gasteiger partial charge < -0.3 is 20.0 Å². The number of ketones is 1. The van der Waals surface area contributed by atoms with Crippen LogP contribution in [0.2, 0.25) is 0 Å². The molecule has 1 aliphatic rings. The van der Waals surface area contributed by atoms with Gasteiger partial charge in [0.1, 0.15) is 6.04 Å². The maximum Gasteiger partial charge on any atom is 0.340 e. The van der Waals surface area contributed by atoms with E-state index in [9.17, 15) is 19.2 Å². The van der Waals surface area contributed by atoms with Crippen molar-refractivity contribution in [1.82, 2.24) is 20.2 Å². The molecule has 3 N–H and O–H groups in total. The molecule has 166 valence electrons. The molecular weight excluding hydrogens is 412 g/mol. The normalized spacial score (nSPS) is 16.0. The molecule has 0 unspecified atom stereocenters.